The van der Waals surface area contributed by atoms with E-state index in [-0.39, 0.29) is 11.4 Å². The highest BCUT2D eigenvalue weighted by molar-refractivity contribution is 7.11. The molecule has 114 valence electrons. The van der Waals surface area contributed by atoms with Gasteiger partial charge in [0.25, 0.3) is 0 Å². The van der Waals surface area contributed by atoms with Crippen LogP contribution < -0.4 is 5.32 Å². The average Bonchev–Trinajstić information content (AvgIpc) is 2.80. The van der Waals surface area contributed by atoms with Crippen LogP contribution in [0.25, 0.3) is 0 Å². The average molecular weight is 306 g/mol. The molecule has 0 amide bonds. The Bertz CT molecular complexity index is 572. The number of benzene rings is 1. The molecule has 0 aliphatic rings. The van der Waals surface area contributed by atoms with Crippen LogP contribution >= 0.6 is 11.3 Å². The first kappa shape index (κ1) is 16.1. The van der Waals surface area contributed by atoms with Gasteiger partial charge in [-0.1, -0.05) is 19.1 Å². The minimum absolute atomic E-state index is 0.192. The minimum Gasteiger partial charge on any atom is -0.305 e. The maximum absolute atomic E-state index is 13.1. The van der Waals surface area contributed by atoms with Crippen LogP contribution in [0.1, 0.15) is 41.4 Å². The van der Waals surface area contributed by atoms with Gasteiger partial charge in [0.15, 0.2) is 0 Å². The summed E-state index contributed by atoms with van der Waals surface area (Å²) in [5, 5.41) is 4.73. The molecule has 0 aliphatic carbocycles. The van der Waals surface area contributed by atoms with Crippen LogP contribution in [0, 0.1) is 19.7 Å². The lowest BCUT2D eigenvalue weighted by molar-refractivity contribution is 0.362. The van der Waals surface area contributed by atoms with Crippen molar-refractivity contribution in [3.8, 4) is 0 Å². The zero-order valence-corrected chi connectivity index (χ0v) is 14.0. The summed E-state index contributed by atoms with van der Waals surface area (Å²) < 4.78 is 13.1. The summed E-state index contributed by atoms with van der Waals surface area (Å²) in [4.78, 5) is 5.99. The summed E-state index contributed by atoms with van der Waals surface area (Å²) in [6, 6.07) is 6.75. The summed E-state index contributed by atoms with van der Waals surface area (Å²) in [5.74, 6) is -0.192. The molecule has 2 aromatic rings. The van der Waals surface area contributed by atoms with E-state index in [0.717, 1.165) is 35.7 Å². The van der Waals surface area contributed by atoms with Gasteiger partial charge in [-0.3, -0.25) is 0 Å². The molecule has 4 heteroatoms. The molecule has 1 aromatic carbocycles. The molecule has 1 aromatic heterocycles. The maximum atomic E-state index is 13.1. The van der Waals surface area contributed by atoms with Crippen molar-refractivity contribution in [1.82, 2.24) is 10.3 Å². The Morgan fingerprint density at radius 3 is 2.43 bits per heavy atom. The van der Waals surface area contributed by atoms with E-state index in [0.29, 0.717) is 0 Å². The number of aromatic nitrogens is 1. The third-order valence-corrected chi connectivity index (χ3v) is 5.07. The Hall–Kier alpha value is -1.26. The van der Waals surface area contributed by atoms with E-state index < -0.39 is 0 Å². The monoisotopic (exact) mass is 306 g/mol. The molecule has 1 N–H and O–H groups in total. The van der Waals surface area contributed by atoms with Gasteiger partial charge in [0, 0.05) is 4.88 Å². The molecule has 0 bridgehead atoms. The first-order valence-corrected chi connectivity index (χ1v) is 8.20. The van der Waals surface area contributed by atoms with Crippen molar-refractivity contribution < 1.29 is 4.39 Å². The lowest BCUT2D eigenvalue weighted by Crippen LogP contribution is -2.42. The number of rotatable bonds is 6. The summed E-state index contributed by atoms with van der Waals surface area (Å²) in [6.07, 6.45) is 1.88. The van der Waals surface area contributed by atoms with E-state index in [1.54, 1.807) is 11.3 Å². The topological polar surface area (TPSA) is 24.9 Å². The standard InChI is InChI=1S/C17H23FN2S/c1-5-10-19-17(4,16-20-12(2)13(3)21-16)11-14-6-8-15(18)9-7-14/h6-9,19H,5,10-11H2,1-4H3. The van der Waals surface area contributed by atoms with Gasteiger partial charge < -0.3 is 5.32 Å². The maximum Gasteiger partial charge on any atom is 0.123 e. The van der Waals surface area contributed by atoms with Gasteiger partial charge in [-0.2, -0.15) is 0 Å². The number of nitrogens with zero attached hydrogens (tertiary/aromatic N) is 1. The molecule has 0 aliphatic heterocycles. The highest BCUT2D eigenvalue weighted by Gasteiger charge is 2.30. The molecular formula is C17H23FN2S. The number of nitrogens with one attached hydrogen (secondary N) is 1. The van der Waals surface area contributed by atoms with Gasteiger partial charge in [-0.25, -0.2) is 9.37 Å². The Kier molecular flexibility index (Phi) is 5.12. The van der Waals surface area contributed by atoms with Crippen molar-refractivity contribution in [2.24, 2.45) is 0 Å². The Morgan fingerprint density at radius 2 is 1.90 bits per heavy atom. The van der Waals surface area contributed by atoms with Crippen molar-refractivity contribution in [3.63, 3.8) is 0 Å². The van der Waals surface area contributed by atoms with E-state index in [1.165, 1.54) is 17.0 Å². The van der Waals surface area contributed by atoms with Crippen LogP contribution in [0.15, 0.2) is 24.3 Å². The Balaban J connectivity index is 2.29. The van der Waals surface area contributed by atoms with E-state index in [9.17, 15) is 4.39 Å². The predicted octanol–water partition coefficient (Wildman–Crippen LogP) is 4.36. The van der Waals surface area contributed by atoms with Crippen LogP contribution in [-0.2, 0) is 12.0 Å². The number of hydrogen-bond acceptors (Lipinski definition) is 3. The second-order valence-electron chi connectivity index (χ2n) is 5.72. The lowest BCUT2D eigenvalue weighted by Gasteiger charge is -2.29. The highest BCUT2D eigenvalue weighted by atomic mass is 32.1. The Morgan fingerprint density at radius 1 is 1.24 bits per heavy atom. The molecule has 2 nitrogen and oxygen atoms in total. The van der Waals surface area contributed by atoms with Crippen molar-refractivity contribution in [3.05, 3.63) is 51.2 Å². The molecule has 21 heavy (non-hydrogen) atoms. The van der Waals surface area contributed by atoms with Crippen LogP contribution in [0.5, 0.6) is 0 Å². The van der Waals surface area contributed by atoms with Crippen LogP contribution in [0.4, 0.5) is 4.39 Å². The van der Waals surface area contributed by atoms with Crippen molar-refractivity contribution >= 4 is 11.3 Å². The zero-order chi connectivity index (χ0) is 15.5. The summed E-state index contributed by atoms with van der Waals surface area (Å²) in [6.45, 7) is 9.44. The minimum atomic E-state index is -0.211. The van der Waals surface area contributed by atoms with Gasteiger partial charge >= 0.3 is 0 Å². The number of aryl methyl sites for hydroxylation is 2. The summed E-state index contributed by atoms with van der Waals surface area (Å²) in [5.41, 5.74) is 2.00. The molecule has 2 rings (SSSR count). The Labute approximate surface area is 130 Å². The third kappa shape index (κ3) is 3.89. The summed E-state index contributed by atoms with van der Waals surface area (Å²) >= 11 is 1.75. The van der Waals surface area contributed by atoms with Crippen molar-refractivity contribution in [1.29, 1.82) is 0 Å². The highest BCUT2D eigenvalue weighted by Crippen LogP contribution is 2.30. The van der Waals surface area contributed by atoms with Crippen LogP contribution in [0.3, 0.4) is 0 Å². The molecular weight excluding hydrogens is 283 g/mol. The molecule has 0 saturated carbocycles. The first-order valence-electron chi connectivity index (χ1n) is 7.38. The number of hydrogen-bond donors (Lipinski definition) is 1. The molecule has 0 fully saturated rings. The van der Waals surface area contributed by atoms with E-state index in [4.69, 9.17) is 4.98 Å². The van der Waals surface area contributed by atoms with Gasteiger partial charge in [0.2, 0.25) is 0 Å². The molecule has 1 unspecified atom stereocenters. The molecule has 0 saturated heterocycles. The van der Waals surface area contributed by atoms with Crippen molar-refractivity contribution in [2.45, 2.75) is 46.1 Å². The number of thiazole rings is 1. The zero-order valence-electron chi connectivity index (χ0n) is 13.2. The van der Waals surface area contributed by atoms with Gasteiger partial charge in [0.05, 0.1) is 11.2 Å². The fraction of sp³-hybridized carbons (Fsp3) is 0.471. The predicted molar refractivity (Wildman–Crippen MR) is 87.3 cm³/mol. The fourth-order valence-electron chi connectivity index (χ4n) is 2.33. The quantitative estimate of drug-likeness (QED) is 0.858. The second kappa shape index (κ2) is 6.67. The first-order chi connectivity index (χ1) is 9.94. The van der Waals surface area contributed by atoms with Gasteiger partial charge in [0.1, 0.15) is 10.8 Å². The van der Waals surface area contributed by atoms with E-state index >= 15 is 0 Å². The van der Waals surface area contributed by atoms with Crippen LogP contribution in [0.2, 0.25) is 0 Å². The molecule has 0 radical (unpaired) electrons. The van der Waals surface area contributed by atoms with Gasteiger partial charge in [-0.05, 0) is 57.9 Å². The number of halogens is 1. The molecule has 0 spiro atoms. The van der Waals surface area contributed by atoms with Crippen molar-refractivity contribution in [2.75, 3.05) is 6.54 Å². The second-order valence-corrected chi connectivity index (χ2v) is 6.93. The molecule has 1 heterocycles. The lowest BCUT2D eigenvalue weighted by atomic mass is 9.93. The normalized spacial score (nSPS) is 14.1. The fourth-order valence-corrected chi connectivity index (χ4v) is 3.37. The third-order valence-electron chi connectivity index (χ3n) is 3.74. The van der Waals surface area contributed by atoms with Gasteiger partial charge in [-0.15, -0.1) is 11.3 Å². The van der Waals surface area contributed by atoms with E-state index in [2.05, 4.69) is 26.1 Å². The molecule has 1 atom stereocenters. The van der Waals surface area contributed by atoms with E-state index in [1.807, 2.05) is 19.1 Å². The summed E-state index contributed by atoms with van der Waals surface area (Å²) in [7, 11) is 0. The SMILES string of the molecule is CCCNC(C)(Cc1ccc(F)cc1)c1nc(C)c(C)s1. The largest absolute Gasteiger partial charge is 0.305 e. The van der Waals surface area contributed by atoms with Crippen LogP contribution in [-0.4, -0.2) is 11.5 Å². The smallest absolute Gasteiger partial charge is 0.123 e.